The van der Waals surface area contributed by atoms with Crippen LogP contribution in [0.2, 0.25) is 0 Å². The van der Waals surface area contributed by atoms with Crippen molar-refractivity contribution < 1.29 is 23.8 Å². The quantitative estimate of drug-likeness (QED) is 0.201. The molecule has 2 aromatic heterocycles. The maximum absolute atomic E-state index is 14.9. The Hall–Kier alpha value is -5.39. The van der Waals surface area contributed by atoms with E-state index in [4.69, 9.17) is 8.83 Å². The van der Waals surface area contributed by atoms with E-state index in [-0.39, 0.29) is 19.1 Å². The lowest BCUT2D eigenvalue weighted by Gasteiger charge is -2.36. The molecule has 234 valence electrons. The molecular formula is C35H32N4O7. The van der Waals surface area contributed by atoms with Gasteiger partial charge in [-0.2, -0.15) is 0 Å². The third-order valence-electron chi connectivity index (χ3n) is 8.68. The number of carbonyl (C=O) groups is 1. The fraction of sp³-hybridized carbons (Fsp3) is 0.229. The van der Waals surface area contributed by atoms with E-state index < -0.39 is 35.8 Å². The fourth-order valence-electron chi connectivity index (χ4n) is 6.40. The molecule has 0 saturated carbocycles. The molecule has 1 fully saturated rings. The number of aliphatic hydroxyl groups is 2. The van der Waals surface area contributed by atoms with Gasteiger partial charge in [-0.1, -0.05) is 72.8 Å². The number of amides is 2. The number of aromatic amines is 2. The number of nitrogens with zero attached hydrogens (tertiary/aromatic N) is 2. The number of H-pyrrole nitrogens is 2. The maximum Gasteiger partial charge on any atom is 0.417 e. The van der Waals surface area contributed by atoms with Crippen LogP contribution in [0.15, 0.2) is 115 Å². The number of aromatic nitrogens is 2. The SMILES string of the molecule is O=C1N(Cc2ccc3oc(=O)[nH]c3c2)[C@H](Cc2ccccc2)[C@H](O)[C@@H](O)[C@@H](Cc2ccccc2)N1Cc1ccc2oc(=O)[nH]c2c1. The molecule has 1 aliphatic rings. The Morgan fingerprint density at radius 3 is 1.39 bits per heavy atom. The maximum atomic E-state index is 14.9. The van der Waals surface area contributed by atoms with Gasteiger partial charge >= 0.3 is 17.5 Å². The van der Waals surface area contributed by atoms with Gasteiger partial charge < -0.3 is 28.8 Å². The van der Waals surface area contributed by atoms with Crippen LogP contribution in [0.1, 0.15) is 22.3 Å². The molecule has 4 N–H and O–H groups in total. The number of urea groups is 1. The van der Waals surface area contributed by atoms with Gasteiger partial charge in [0.2, 0.25) is 0 Å². The average Bonchev–Trinajstić information content (AvgIpc) is 3.62. The van der Waals surface area contributed by atoms with E-state index in [1.54, 1.807) is 46.2 Å². The molecule has 3 heterocycles. The van der Waals surface area contributed by atoms with E-state index in [2.05, 4.69) is 9.97 Å². The highest BCUT2D eigenvalue weighted by Gasteiger charge is 2.46. The standard InChI is InChI=1S/C35H32N4O7/c40-31-27(17-21-7-3-1-4-8-21)38(19-23-11-13-29-25(15-23)36-33(42)45-29)35(44)39(28(32(31)41)18-22-9-5-2-6-10-22)20-24-12-14-30-26(16-24)37-34(43)46-30/h1-16,27-28,31-32,40-41H,17-20H2,(H,36,42)(H,37,43)/t27-,28-,31+,32+/m1/s1. The second kappa shape index (κ2) is 12.2. The summed E-state index contributed by atoms with van der Waals surface area (Å²) in [5, 5.41) is 23.8. The number of benzene rings is 4. The van der Waals surface area contributed by atoms with Crippen LogP contribution in [-0.2, 0) is 25.9 Å². The third kappa shape index (κ3) is 5.85. The molecule has 7 rings (SSSR count). The van der Waals surface area contributed by atoms with E-state index in [9.17, 15) is 24.6 Å². The zero-order valence-corrected chi connectivity index (χ0v) is 24.7. The first-order valence-electron chi connectivity index (χ1n) is 15.1. The Balaban J connectivity index is 1.32. The van der Waals surface area contributed by atoms with Crippen molar-refractivity contribution in [1.82, 2.24) is 19.8 Å². The molecule has 0 radical (unpaired) electrons. The summed E-state index contributed by atoms with van der Waals surface area (Å²) in [5.41, 5.74) is 4.97. The minimum absolute atomic E-state index is 0.0892. The molecule has 0 spiro atoms. The van der Waals surface area contributed by atoms with Crippen molar-refractivity contribution in [3.63, 3.8) is 0 Å². The Kier molecular flexibility index (Phi) is 7.77. The smallest absolute Gasteiger partial charge is 0.408 e. The molecule has 1 saturated heterocycles. The zero-order chi connectivity index (χ0) is 31.8. The molecule has 4 atom stereocenters. The van der Waals surface area contributed by atoms with E-state index in [0.29, 0.717) is 46.2 Å². The topological polar surface area (TPSA) is 156 Å². The van der Waals surface area contributed by atoms with Crippen LogP contribution in [-0.4, -0.2) is 60.3 Å². The molecular weight excluding hydrogens is 588 g/mol. The number of rotatable bonds is 8. The molecule has 0 aliphatic carbocycles. The van der Waals surface area contributed by atoms with Crippen LogP contribution < -0.4 is 11.5 Å². The lowest BCUT2D eigenvalue weighted by atomic mass is 9.91. The lowest BCUT2D eigenvalue weighted by molar-refractivity contribution is -0.0408. The number of aliphatic hydroxyl groups excluding tert-OH is 2. The summed E-state index contributed by atoms with van der Waals surface area (Å²) >= 11 is 0. The fourth-order valence-corrected chi connectivity index (χ4v) is 6.40. The summed E-state index contributed by atoms with van der Waals surface area (Å²) in [6, 6.07) is 27.5. The first kappa shape index (κ1) is 29.3. The van der Waals surface area contributed by atoms with Crippen LogP contribution in [0.5, 0.6) is 0 Å². The summed E-state index contributed by atoms with van der Waals surface area (Å²) in [7, 11) is 0. The lowest BCUT2D eigenvalue weighted by Crippen LogP contribution is -2.50. The molecule has 1 aliphatic heterocycles. The van der Waals surface area contributed by atoms with Crippen LogP contribution in [0, 0.1) is 0 Å². The molecule has 4 aromatic carbocycles. The Bertz CT molecular complexity index is 1950. The van der Waals surface area contributed by atoms with Gasteiger partial charge in [-0.05, 0) is 59.4 Å². The van der Waals surface area contributed by atoms with Crippen molar-refractivity contribution >= 4 is 28.2 Å². The van der Waals surface area contributed by atoms with Crippen LogP contribution in [0.3, 0.4) is 0 Å². The summed E-state index contributed by atoms with van der Waals surface area (Å²) < 4.78 is 10.3. The third-order valence-corrected chi connectivity index (χ3v) is 8.68. The molecule has 11 nitrogen and oxygen atoms in total. The van der Waals surface area contributed by atoms with Crippen molar-refractivity contribution in [3.05, 3.63) is 140 Å². The van der Waals surface area contributed by atoms with E-state index >= 15 is 0 Å². The summed E-state index contributed by atoms with van der Waals surface area (Å²) in [4.78, 5) is 47.0. The van der Waals surface area contributed by atoms with Crippen LogP contribution in [0.25, 0.3) is 22.2 Å². The van der Waals surface area contributed by atoms with Gasteiger partial charge in [0.1, 0.15) is 12.2 Å². The normalized spacial score (nSPS) is 20.4. The number of nitrogens with one attached hydrogen (secondary N) is 2. The van der Waals surface area contributed by atoms with Crippen molar-refractivity contribution in [3.8, 4) is 0 Å². The van der Waals surface area contributed by atoms with Crippen molar-refractivity contribution in [2.24, 2.45) is 0 Å². The van der Waals surface area contributed by atoms with Gasteiger partial charge in [0, 0.05) is 13.1 Å². The average molecular weight is 621 g/mol. The first-order chi connectivity index (χ1) is 22.3. The first-order valence-corrected chi connectivity index (χ1v) is 15.1. The van der Waals surface area contributed by atoms with Crippen molar-refractivity contribution in [1.29, 1.82) is 0 Å². The number of hydrogen-bond donors (Lipinski definition) is 4. The number of hydrogen-bond acceptors (Lipinski definition) is 7. The van der Waals surface area contributed by atoms with E-state index in [1.807, 2.05) is 60.7 Å². The highest BCUT2D eigenvalue weighted by molar-refractivity contribution is 5.78. The minimum atomic E-state index is -1.30. The Labute approximate surface area is 262 Å². The second-order valence-electron chi connectivity index (χ2n) is 11.7. The molecule has 0 unspecified atom stereocenters. The molecule has 6 aromatic rings. The highest BCUT2D eigenvalue weighted by Crippen LogP contribution is 2.30. The summed E-state index contributed by atoms with van der Waals surface area (Å²) in [5.74, 6) is -1.16. The van der Waals surface area contributed by atoms with Crippen molar-refractivity contribution in [2.75, 3.05) is 0 Å². The van der Waals surface area contributed by atoms with Crippen LogP contribution >= 0.6 is 0 Å². The largest absolute Gasteiger partial charge is 0.417 e. The molecule has 11 heteroatoms. The predicted molar refractivity (Wildman–Crippen MR) is 170 cm³/mol. The number of fused-ring (bicyclic) bond motifs is 2. The number of oxazole rings is 2. The van der Waals surface area contributed by atoms with Gasteiger partial charge in [-0.25, -0.2) is 14.4 Å². The van der Waals surface area contributed by atoms with Crippen LogP contribution in [0.4, 0.5) is 4.79 Å². The summed E-state index contributed by atoms with van der Waals surface area (Å²) in [6.07, 6.45) is -2.01. The molecule has 46 heavy (non-hydrogen) atoms. The van der Waals surface area contributed by atoms with Gasteiger partial charge in [0.25, 0.3) is 0 Å². The van der Waals surface area contributed by atoms with E-state index in [0.717, 1.165) is 11.1 Å². The van der Waals surface area contributed by atoms with Crippen molar-refractivity contribution in [2.45, 2.75) is 50.2 Å². The van der Waals surface area contributed by atoms with Gasteiger partial charge in [-0.15, -0.1) is 0 Å². The Morgan fingerprint density at radius 2 is 0.978 bits per heavy atom. The predicted octanol–water partition coefficient (Wildman–Crippen LogP) is 3.94. The Morgan fingerprint density at radius 1 is 0.565 bits per heavy atom. The summed E-state index contributed by atoms with van der Waals surface area (Å²) in [6.45, 7) is 0.178. The monoisotopic (exact) mass is 620 g/mol. The highest BCUT2D eigenvalue weighted by atomic mass is 16.4. The van der Waals surface area contributed by atoms with E-state index in [1.165, 1.54) is 0 Å². The zero-order valence-electron chi connectivity index (χ0n) is 24.7. The molecule has 2 amide bonds. The number of carbonyl (C=O) groups excluding carboxylic acids is 1. The minimum Gasteiger partial charge on any atom is -0.408 e. The van der Waals surface area contributed by atoms with Gasteiger partial charge in [0.05, 0.1) is 23.1 Å². The van der Waals surface area contributed by atoms with Gasteiger partial charge in [-0.3, -0.25) is 9.97 Å². The van der Waals surface area contributed by atoms with Gasteiger partial charge in [0.15, 0.2) is 11.2 Å². The second-order valence-corrected chi connectivity index (χ2v) is 11.7. The molecule has 0 bridgehead atoms.